The number of carbonyl (C=O) groups is 1. The summed E-state index contributed by atoms with van der Waals surface area (Å²) in [5, 5.41) is 17.5. The maximum absolute atomic E-state index is 10.3. The second-order valence-electron chi connectivity index (χ2n) is 3.01. The predicted molar refractivity (Wildman–Crippen MR) is 32.6 cm³/mol. The quantitative estimate of drug-likeness (QED) is 0.484. The van der Waals surface area contributed by atoms with E-state index in [1.807, 2.05) is 0 Å². The van der Waals surface area contributed by atoms with E-state index in [9.17, 15) is 4.79 Å². The van der Waals surface area contributed by atoms with Gasteiger partial charge >= 0.3 is 6.09 Å². The van der Waals surface area contributed by atoms with Gasteiger partial charge in [-0.25, -0.2) is 4.79 Å². The Labute approximate surface area is 58.1 Å². The zero-order valence-corrected chi connectivity index (χ0v) is 5.40. The van der Waals surface area contributed by atoms with Crippen LogP contribution in [0.3, 0.4) is 0 Å². The van der Waals surface area contributed by atoms with Crippen LogP contribution in [0.1, 0.15) is 0 Å². The van der Waals surface area contributed by atoms with Crippen LogP contribution in [0.5, 0.6) is 0 Å². The van der Waals surface area contributed by atoms with Crippen molar-refractivity contribution in [2.75, 3.05) is 13.1 Å². The molecule has 1 unspecified atom stereocenters. The molecule has 2 rings (SSSR count). The van der Waals surface area contributed by atoms with Gasteiger partial charge in [0.15, 0.2) is 0 Å². The summed E-state index contributed by atoms with van der Waals surface area (Å²) in [6, 6.07) is 0. The third kappa shape index (κ3) is 0.623. The number of piperidine rings is 1. The fourth-order valence-corrected chi connectivity index (χ4v) is 1.65. The van der Waals surface area contributed by atoms with Gasteiger partial charge in [0.2, 0.25) is 0 Å². The Hall–Kier alpha value is -0.770. The topological polar surface area (TPSA) is 60.8 Å². The molecule has 56 valence electrons. The molecule has 4 heteroatoms. The van der Waals surface area contributed by atoms with Crippen molar-refractivity contribution in [3.05, 3.63) is 0 Å². The molecule has 2 N–H and O–H groups in total. The van der Waals surface area contributed by atoms with Crippen LogP contribution in [-0.2, 0) is 0 Å². The van der Waals surface area contributed by atoms with E-state index in [0.29, 0.717) is 13.1 Å². The van der Waals surface area contributed by atoms with Crippen LogP contribution in [0, 0.1) is 11.8 Å². The van der Waals surface area contributed by atoms with Crippen molar-refractivity contribution >= 4 is 6.09 Å². The summed E-state index contributed by atoms with van der Waals surface area (Å²) in [6.07, 6.45) is -1.07. The summed E-state index contributed by atoms with van der Waals surface area (Å²) in [4.78, 5) is 11.7. The van der Waals surface area contributed by atoms with Gasteiger partial charge in [-0.05, 0) is 0 Å². The number of fused-ring (bicyclic) bond motifs is 1. The molecule has 10 heavy (non-hydrogen) atoms. The molecule has 1 aliphatic carbocycles. The van der Waals surface area contributed by atoms with E-state index in [1.54, 1.807) is 0 Å². The average molecular weight is 143 g/mol. The Morgan fingerprint density at radius 3 is 2.30 bits per heavy atom. The zero-order chi connectivity index (χ0) is 7.30. The van der Waals surface area contributed by atoms with Gasteiger partial charge in [0.25, 0.3) is 0 Å². The van der Waals surface area contributed by atoms with Gasteiger partial charge in [0.05, 0.1) is 6.10 Å². The van der Waals surface area contributed by atoms with Gasteiger partial charge in [-0.1, -0.05) is 0 Å². The predicted octanol–water partition coefficient (Wildman–Crippen LogP) is -0.413. The summed E-state index contributed by atoms with van der Waals surface area (Å²) in [7, 11) is 0. The minimum Gasteiger partial charge on any atom is -0.465 e. The lowest BCUT2D eigenvalue weighted by molar-refractivity contribution is 0.137. The van der Waals surface area contributed by atoms with Gasteiger partial charge in [0.1, 0.15) is 0 Å². The maximum Gasteiger partial charge on any atom is 0.407 e. The van der Waals surface area contributed by atoms with Gasteiger partial charge in [-0.2, -0.15) is 0 Å². The molecule has 0 aromatic heterocycles. The van der Waals surface area contributed by atoms with E-state index >= 15 is 0 Å². The Kier molecular flexibility index (Phi) is 0.976. The minimum absolute atomic E-state index is 0.212. The number of amides is 1. The molecule has 1 saturated heterocycles. The highest BCUT2D eigenvalue weighted by Gasteiger charge is 2.56. The van der Waals surface area contributed by atoms with Crippen molar-refractivity contribution in [1.29, 1.82) is 0 Å². The number of aliphatic hydroxyl groups excluding tert-OH is 1. The zero-order valence-electron chi connectivity index (χ0n) is 5.40. The SMILES string of the molecule is O=C(O)N1CC2[C@@H](C1)[C@H]2O. The molecule has 1 amide bonds. The molecule has 1 saturated carbocycles. The number of nitrogens with zero attached hydrogens (tertiary/aromatic N) is 1. The molecule has 2 fully saturated rings. The highest BCUT2D eigenvalue weighted by Crippen LogP contribution is 2.45. The Morgan fingerprint density at radius 1 is 1.40 bits per heavy atom. The van der Waals surface area contributed by atoms with Crippen molar-refractivity contribution in [1.82, 2.24) is 4.90 Å². The Bertz CT molecular complexity index is 170. The third-order valence-corrected chi connectivity index (χ3v) is 2.42. The molecular weight excluding hydrogens is 134 g/mol. The van der Waals surface area contributed by atoms with Gasteiger partial charge in [-0.3, -0.25) is 0 Å². The summed E-state index contributed by atoms with van der Waals surface area (Å²) in [5.41, 5.74) is 0. The number of likely N-dealkylation sites (tertiary alicyclic amines) is 1. The van der Waals surface area contributed by atoms with Crippen molar-refractivity contribution < 1.29 is 15.0 Å². The number of rotatable bonds is 0. The van der Waals surface area contributed by atoms with Crippen molar-refractivity contribution in [2.45, 2.75) is 6.10 Å². The van der Waals surface area contributed by atoms with Crippen molar-refractivity contribution in [3.8, 4) is 0 Å². The van der Waals surface area contributed by atoms with Crippen LogP contribution in [-0.4, -0.2) is 40.4 Å². The Morgan fingerprint density at radius 2 is 1.90 bits per heavy atom. The summed E-state index contributed by atoms with van der Waals surface area (Å²) < 4.78 is 0. The molecule has 0 aromatic rings. The number of hydrogen-bond donors (Lipinski definition) is 2. The summed E-state index contributed by atoms with van der Waals surface area (Å²) in [6.45, 7) is 1.06. The maximum atomic E-state index is 10.3. The van der Waals surface area contributed by atoms with E-state index < -0.39 is 6.09 Å². The molecular formula is C6H9NO3. The highest BCUT2D eigenvalue weighted by atomic mass is 16.4. The van der Waals surface area contributed by atoms with E-state index in [0.717, 1.165) is 0 Å². The lowest BCUT2D eigenvalue weighted by atomic mass is 10.4. The van der Waals surface area contributed by atoms with Crippen LogP contribution in [0.15, 0.2) is 0 Å². The van der Waals surface area contributed by atoms with E-state index in [2.05, 4.69) is 0 Å². The van der Waals surface area contributed by atoms with E-state index in [1.165, 1.54) is 4.90 Å². The highest BCUT2D eigenvalue weighted by molar-refractivity contribution is 5.65. The monoisotopic (exact) mass is 143 g/mol. The average Bonchev–Trinajstić information content (AvgIpc) is 2.38. The lowest BCUT2D eigenvalue weighted by Gasteiger charge is -2.13. The standard InChI is InChI=1S/C6H9NO3/c8-5-3-1-7(6(9)10)2-4(3)5/h3-5,8H,1-2H2,(H,9,10)/t3-,4?,5-/m1/s1. The molecule has 2 aliphatic rings. The first kappa shape index (κ1) is 5.97. The first-order valence-corrected chi connectivity index (χ1v) is 3.36. The number of aliphatic hydroxyl groups is 1. The van der Waals surface area contributed by atoms with Crippen LogP contribution >= 0.6 is 0 Å². The summed E-state index contributed by atoms with van der Waals surface area (Å²) in [5.74, 6) is 0.493. The van der Waals surface area contributed by atoms with Crippen LogP contribution in [0.4, 0.5) is 4.79 Å². The molecule has 4 nitrogen and oxygen atoms in total. The van der Waals surface area contributed by atoms with Crippen LogP contribution < -0.4 is 0 Å². The fraction of sp³-hybridized carbons (Fsp3) is 0.833. The van der Waals surface area contributed by atoms with Crippen LogP contribution in [0.2, 0.25) is 0 Å². The Balaban J connectivity index is 1.95. The van der Waals surface area contributed by atoms with Gasteiger partial charge < -0.3 is 15.1 Å². The van der Waals surface area contributed by atoms with Gasteiger partial charge in [0, 0.05) is 24.9 Å². The molecule has 0 spiro atoms. The minimum atomic E-state index is -0.862. The first-order valence-electron chi connectivity index (χ1n) is 3.36. The summed E-state index contributed by atoms with van der Waals surface area (Å²) >= 11 is 0. The smallest absolute Gasteiger partial charge is 0.407 e. The molecule has 0 bridgehead atoms. The second kappa shape index (κ2) is 1.63. The van der Waals surface area contributed by atoms with Gasteiger partial charge in [-0.15, -0.1) is 0 Å². The fourth-order valence-electron chi connectivity index (χ4n) is 1.65. The first-order chi connectivity index (χ1) is 4.70. The molecule has 1 aliphatic heterocycles. The molecule has 3 atom stereocenters. The largest absolute Gasteiger partial charge is 0.465 e. The third-order valence-electron chi connectivity index (χ3n) is 2.42. The lowest BCUT2D eigenvalue weighted by Crippen LogP contribution is -2.30. The molecule has 0 aromatic carbocycles. The second-order valence-corrected chi connectivity index (χ2v) is 3.01. The van der Waals surface area contributed by atoms with E-state index in [-0.39, 0.29) is 17.9 Å². The molecule has 0 radical (unpaired) electrons. The van der Waals surface area contributed by atoms with E-state index in [4.69, 9.17) is 10.2 Å². The molecule has 1 heterocycles. The number of hydrogen-bond acceptors (Lipinski definition) is 2. The van der Waals surface area contributed by atoms with Crippen molar-refractivity contribution in [2.24, 2.45) is 11.8 Å². The van der Waals surface area contributed by atoms with Crippen molar-refractivity contribution in [3.63, 3.8) is 0 Å². The van der Waals surface area contributed by atoms with Crippen LogP contribution in [0.25, 0.3) is 0 Å². The normalized spacial score (nSPS) is 43.3. The number of carboxylic acid groups (broad SMARTS) is 1.